The Morgan fingerprint density at radius 2 is 1.68 bits per heavy atom. The van der Waals surface area contributed by atoms with Crippen LogP contribution >= 0.6 is 27.3 Å². The monoisotopic (exact) mass is 493 g/mol. The van der Waals surface area contributed by atoms with Gasteiger partial charge in [-0.15, -0.1) is 11.3 Å². The second-order valence-corrected chi connectivity index (χ2v) is 8.51. The van der Waals surface area contributed by atoms with Crippen molar-refractivity contribution >= 4 is 55.3 Å². The van der Waals surface area contributed by atoms with Gasteiger partial charge in [0.2, 0.25) is 0 Å². The molecule has 0 aliphatic heterocycles. The maximum absolute atomic E-state index is 12.6. The average molecular weight is 494 g/mol. The lowest BCUT2D eigenvalue weighted by molar-refractivity contribution is -0.132. The number of carbonyl (C=O) groups is 2. The van der Waals surface area contributed by atoms with Gasteiger partial charge in [-0.2, -0.15) is 0 Å². The molecule has 154 valence electrons. The van der Waals surface area contributed by atoms with Crippen LogP contribution in [0.4, 0.5) is 0 Å². The summed E-state index contributed by atoms with van der Waals surface area (Å²) in [5.41, 5.74) is 0.412. The summed E-state index contributed by atoms with van der Waals surface area (Å²) >= 11 is 4.75. The highest BCUT2D eigenvalue weighted by atomic mass is 79.9. The van der Waals surface area contributed by atoms with E-state index >= 15 is 0 Å². The SMILES string of the molecule is O=C(O)C(=Cc1ccc(Oc2ccccc2Br)cc1)NC(=O)c1cc2ccccc2s1. The van der Waals surface area contributed by atoms with E-state index in [2.05, 4.69) is 21.2 Å². The number of carbonyl (C=O) groups excluding carboxylic acids is 1. The number of benzene rings is 3. The predicted octanol–water partition coefficient (Wildman–Crippen LogP) is 6.31. The number of para-hydroxylation sites is 1. The van der Waals surface area contributed by atoms with Gasteiger partial charge in [0.1, 0.15) is 17.2 Å². The van der Waals surface area contributed by atoms with Crippen LogP contribution in [0, 0.1) is 0 Å². The molecule has 0 bridgehead atoms. The molecule has 4 aromatic rings. The Kier molecular flexibility index (Phi) is 6.16. The summed E-state index contributed by atoms with van der Waals surface area (Å²) in [5, 5.41) is 13.0. The Morgan fingerprint density at radius 3 is 2.39 bits per heavy atom. The fourth-order valence-electron chi connectivity index (χ4n) is 2.88. The minimum atomic E-state index is -1.22. The minimum absolute atomic E-state index is 0.207. The summed E-state index contributed by atoms with van der Waals surface area (Å²) in [5.74, 6) is -0.394. The van der Waals surface area contributed by atoms with Crippen LogP contribution in [0.2, 0.25) is 0 Å². The van der Waals surface area contributed by atoms with E-state index in [1.54, 1.807) is 30.3 Å². The number of carboxylic acids is 1. The van der Waals surface area contributed by atoms with Crippen LogP contribution in [-0.2, 0) is 4.79 Å². The van der Waals surface area contributed by atoms with E-state index in [1.807, 2.05) is 48.5 Å². The van der Waals surface area contributed by atoms with Gasteiger partial charge in [-0.25, -0.2) is 4.79 Å². The zero-order valence-corrected chi connectivity index (χ0v) is 18.4. The van der Waals surface area contributed by atoms with Gasteiger partial charge in [-0.3, -0.25) is 4.79 Å². The number of halogens is 1. The molecule has 0 aliphatic rings. The number of hydrogen-bond donors (Lipinski definition) is 2. The lowest BCUT2D eigenvalue weighted by Crippen LogP contribution is -2.26. The van der Waals surface area contributed by atoms with E-state index in [1.165, 1.54) is 17.4 Å². The van der Waals surface area contributed by atoms with Gasteiger partial charge in [0.05, 0.1) is 9.35 Å². The van der Waals surface area contributed by atoms with E-state index < -0.39 is 11.9 Å². The van der Waals surface area contributed by atoms with Crippen molar-refractivity contribution in [3.63, 3.8) is 0 Å². The number of ether oxygens (including phenoxy) is 1. The summed E-state index contributed by atoms with van der Waals surface area (Å²) in [4.78, 5) is 24.7. The third kappa shape index (κ3) is 5.02. The number of amides is 1. The third-order valence-corrected chi connectivity index (χ3v) is 6.15. The molecule has 31 heavy (non-hydrogen) atoms. The summed E-state index contributed by atoms with van der Waals surface area (Å²) in [7, 11) is 0. The number of thiophene rings is 1. The second kappa shape index (κ2) is 9.16. The molecule has 7 heteroatoms. The lowest BCUT2D eigenvalue weighted by Gasteiger charge is -2.08. The Morgan fingerprint density at radius 1 is 0.968 bits per heavy atom. The highest BCUT2D eigenvalue weighted by molar-refractivity contribution is 9.10. The molecule has 0 saturated heterocycles. The summed E-state index contributed by atoms with van der Waals surface area (Å²) in [6, 6.07) is 23.8. The average Bonchev–Trinajstić information content (AvgIpc) is 3.20. The highest BCUT2D eigenvalue weighted by Gasteiger charge is 2.15. The maximum Gasteiger partial charge on any atom is 0.352 e. The van der Waals surface area contributed by atoms with Crippen molar-refractivity contribution in [1.82, 2.24) is 5.32 Å². The molecule has 1 heterocycles. The normalized spacial score (nSPS) is 11.3. The molecular formula is C24H16BrNO4S. The fourth-order valence-corrected chi connectivity index (χ4v) is 4.21. The Bertz CT molecular complexity index is 1260. The van der Waals surface area contributed by atoms with Gasteiger partial charge < -0.3 is 15.2 Å². The van der Waals surface area contributed by atoms with Crippen molar-refractivity contribution in [3.8, 4) is 11.5 Å². The van der Waals surface area contributed by atoms with Crippen LogP contribution in [0.5, 0.6) is 11.5 Å². The number of fused-ring (bicyclic) bond motifs is 1. The Labute approximate surface area is 190 Å². The largest absolute Gasteiger partial charge is 0.477 e. The first-order valence-corrected chi connectivity index (χ1v) is 10.9. The van der Waals surface area contributed by atoms with Gasteiger partial charge in [0.25, 0.3) is 5.91 Å². The molecule has 0 fully saturated rings. The van der Waals surface area contributed by atoms with Gasteiger partial charge >= 0.3 is 5.97 Å². The molecule has 0 unspecified atom stereocenters. The van der Waals surface area contributed by atoms with Crippen LogP contribution in [0.25, 0.3) is 16.2 Å². The fraction of sp³-hybridized carbons (Fsp3) is 0. The molecule has 0 radical (unpaired) electrons. The Hall–Kier alpha value is -3.42. The molecular weight excluding hydrogens is 478 g/mol. The first kappa shape index (κ1) is 20.8. The topological polar surface area (TPSA) is 75.6 Å². The van der Waals surface area contributed by atoms with Crippen molar-refractivity contribution < 1.29 is 19.4 Å². The van der Waals surface area contributed by atoms with Crippen molar-refractivity contribution in [2.75, 3.05) is 0 Å². The quantitative estimate of drug-likeness (QED) is 0.308. The van der Waals surface area contributed by atoms with Crippen LogP contribution < -0.4 is 10.1 Å². The van der Waals surface area contributed by atoms with Crippen molar-refractivity contribution in [2.45, 2.75) is 0 Å². The second-order valence-electron chi connectivity index (χ2n) is 6.57. The summed E-state index contributed by atoms with van der Waals surface area (Å²) in [6.45, 7) is 0. The summed E-state index contributed by atoms with van der Waals surface area (Å²) < 4.78 is 7.61. The van der Waals surface area contributed by atoms with E-state index in [0.717, 1.165) is 14.6 Å². The van der Waals surface area contributed by atoms with Gasteiger partial charge in [0, 0.05) is 4.70 Å². The molecule has 1 aromatic heterocycles. The van der Waals surface area contributed by atoms with Gasteiger partial charge in [-0.05, 0) is 69.4 Å². The highest BCUT2D eigenvalue weighted by Crippen LogP contribution is 2.29. The number of carboxylic acid groups (broad SMARTS) is 1. The zero-order valence-electron chi connectivity index (χ0n) is 16.0. The number of rotatable bonds is 6. The molecule has 4 rings (SSSR count). The number of nitrogens with one attached hydrogen (secondary N) is 1. The standard InChI is InChI=1S/C24H16BrNO4S/c25-18-6-2-3-7-20(18)30-17-11-9-15(10-12-17)13-19(24(28)29)26-23(27)22-14-16-5-1-4-8-21(16)31-22/h1-14H,(H,26,27)(H,28,29). The van der Waals surface area contributed by atoms with E-state index in [0.29, 0.717) is 21.9 Å². The number of hydrogen-bond acceptors (Lipinski definition) is 4. The molecule has 1 amide bonds. The zero-order chi connectivity index (χ0) is 21.8. The molecule has 3 aromatic carbocycles. The first-order chi connectivity index (χ1) is 15.0. The molecule has 0 aliphatic carbocycles. The van der Waals surface area contributed by atoms with Crippen molar-refractivity contribution in [3.05, 3.63) is 99.5 Å². The van der Waals surface area contributed by atoms with Crippen molar-refractivity contribution in [2.24, 2.45) is 0 Å². The lowest BCUT2D eigenvalue weighted by atomic mass is 10.2. The van der Waals surface area contributed by atoms with Crippen LogP contribution in [0.3, 0.4) is 0 Å². The van der Waals surface area contributed by atoms with E-state index in [9.17, 15) is 14.7 Å². The predicted molar refractivity (Wildman–Crippen MR) is 126 cm³/mol. The minimum Gasteiger partial charge on any atom is -0.477 e. The molecule has 0 spiro atoms. The molecule has 5 nitrogen and oxygen atoms in total. The van der Waals surface area contributed by atoms with Crippen LogP contribution in [0.15, 0.2) is 89.0 Å². The summed E-state index contributed by atoms with van der Waals surface area (Å²) in [6.07, 6.45) is 1.41. The molecule has 0 atom stereocenters. The Balaban J connectivity index is 1.51. The van der Waals surface area contributed by atoms with Crippen LogP contribution in [-0.4, -0.2) is 17.0 Å². The third-order valence-electron chi connectivity index (χ3n) is 4.38. The van der Waals surface area contributed by atoms with Crippen LogP contribution in [0.1, 0.15) is 15.2 Å². The maximum atomic E-state index is 12.6. The molecule has 2 N–H and O–H groups in total. The van der Waals surface area contributed by atoms with E-state index in [-0.39, 0.29) is 5.70 Å². The van der Waals surface area contributed by atoms with E-state index in [4.69, 9.17) is 4.74 Å². The molecule has 0 saturated carbocycles. The smallest absolute Gasteiger partial charge is 0.352 e. The van der Waals surface area contributed by atoms with Gasteiger partial charge in [0.15, 0.2) is 0 Å². The van der Waals surface area contributed by atoms with Gasteiger partial charge in [-0.1, -0.05) is 42.5 Å². The first-order valence-electron chi connectivity index (χ1n) is 9.27. The number of aliphatic carboxylic acids is 1. The van der Waals surface area contributed by atoms with Crippen molar-refractivity contribution in [1.29, 1.82) is 0 Å².